The highest BCUT2D eigenvalue weighted by molar-refractivity contribution is 7.47. The zero-order valence-corrected chi connectivity index (χ0v) is 61.0. The van der Waals surface area contributed by atoms with Crippen molar-refractivity contribution < 1.29 is 75.8 Å². The maximum absolute atomic E-state index is 12.9. The lowest BCUT2D eigenvalue weighted by molar-refractivity contribution is -0.161. The number of hydrogen-bond acceptors (Lipinski definition) is 14. The fourth-order valence-electron chi connectivity index (χ4n) is 10.5. The van der Waals surface area contributed by atoms with E-state index in [1.807, 2.05) is 0 Å². The van der Waals surface area contributed by atoms with Gasteiger partial charge >= 0.3 is 33.6 Å². The number of ether oxygens (including phenoxy) is 3. The number of carbonyl (C=O) groups is 3. The first-order valence-corrected chi connectivity index (χ1v) is 40.6. The quantitative estimate of drug-likeness (QED) is 0.0146. The number of esters is 3. The Morgan fingerprint density at radius 1 is 0.312 bits per heavy atom. The highest BCUT2D eigenvalue weighted by Gasteiger charge is 2.29. The number of phosphoric acid groups is 2. The topological polar surface area (TPSA) is 231 Å². The summed E-state index contributed by atoms with van der Waals surface area (Å²) in [5.41, 5.74) is 0. The van der Waals surface area contributed by atoms with Crippen molar-refractivity contribution in [1.82, 2.24) is 0 Å². The van der Waals surface area contributed by atoms with Crippen molar-refractivity contribution >= 4 is 33.6 Å². The maximum atomic E-state index is 12.9. The molecule has 0 bridgehead atoms. The van der Waals surface area contributed by atoms with Crippen LogP contribution in [-0.4, -0.2) is 95.9 Å². The Kier molecular flexibility index (Phi) is 67.1. The summed E-state index contributed by atoms with van der Waals surface area (Å²) in [4.78, 5) is 58.4. The molecule has 16 nitrogen and oxygen atoms in total. The zero-order valence-electron chi connectivity index (χ0n) is 59.2. The van der Waals surface area contributed by atoms with Gasteiger partial charge in [-0.25, -0.2) is 9.13 Å². The molecule has 0 aromatic heterocycles. The van der Waals surface area contributed by atoms with E-state index in [4.69, 9.17) is 32.3 Å². The van der Waals surface area contributed by atoms with Gasteiger partial charge in [-0.3, -0.25) is 32.5 Å². The van der Waals surface area contributed by atoms with Crippen LogP contribution in [-0.2, 0) is 55.8 Å². The Balaban J connectivity index is 4.41. The van der Waals surface area contributed by atoms with Crippen LogP contribution < -0.4 is 0 Å². The third-order valence-electron chi connectivity index (χ3n) is 16.3. The molecule has 5 atom stereocenters. The van der Waals surface area contributed by atoms with E-state index in [-0.39, 0.29) is 19.3 Å². The molecule has 0 fully saturated rings. The standard InChI is InChI=1S/C75H138O16P2/c1-4-7-10-13-16-19-22-25-27-28-29-30-31-32-33-34-35-36-37-38-39-40-42-45-46-49-52-55-58-61-73(78)85-64-70(76)65-87-92(81,82)88-66-71(77)67-89-93(83,84)90-69-72(91-75(80)63-60-57-54-51-48-43-24-21-18-15-12-9-6-3)68-86-74(79)62-59-56-53-50-47-44-41-26-23-20-17-14-11-8-5-2/h7,10,16,19,25,27,29-30,32-33,70-72,76-77H,4-6,8-9,11-15,17-18,20-24,26,28,31,34-69H2,1-3H3,(H,81,82)(H,83,84)/b10-7-,19-16-,27-25-,30-29-,33-32-. The first-order valence-electron chi connectivity index (χ1n) is 37.6. The van der Waals surface area contributed by atoms with Gasteiger partial charge in [0.1, 0.15) is 25.4 Å². The Hall–Kier alpha value is -2.75. The predicted molar refractivity (Wildman–Crippen MR) is 381 cm³/mol. The Labute approximate surface area is 567 Å². The normalized spacial score (nSPS) is 14.4. The summed E-state index contributed by atoms with van der Waals surface area (Å²) >= 11 is 0. The highest BCUT2D eigenvalue weighted by atomic mass is 31.2. The molecule has 0 saturated heterocycles. The Morgan fingerprint density at radius 2 is 0.570 bits per heavy atom. The van der Waals surface area contributed by atoms with Gasteiger partial charge in [-0.15, -0.1) is 0 Å². The zero-order chi connectivity index (χ0) is 68.1. The number of allylic oxidation sites excluding steroid dienone is 10. The molecule has 4 N–H and O–H groups in total. The van der Waals surface area contributed by atoms with E-state index in [2.05, 4.69) is 81.5 Å². The molecule has 0 amide bonds. The van der Waals surface area contributed by atoms with Gasteiger partial charge in [-0.2, -0.15) is 0 Å². The van der Waals surface area contributed by atoms with Crippen LogP contribution >= 0.6 is 15.6 Å². The van der Waals surface area contributed by atoms with Crippen molar-refractivity contribution in [3.63, 3.8) is 0 Å². The lowest BCUT2D eigenvalue weighted by Crippen LogP contribution is -2.30. The van der Waals surface area contributed by atoms with Crippen molar-refractivity contribution in [3.8, 4) is 0 Å². The van der Waals surface area contributed by atoms with Gasteiger partial charge in [0, 0.05) is 19.3 Å². The number of aliphatic hydroxyl groups excluding tert-OH is 2. The molecule has 18 heteroatoms. The van der Waals surface area contributed by atoms with Gasteiger partial charge in [0.2, 0.25) is 0 Å². The second-order valence-electron chi connectivity index (χ2n) is 25.4. The van der Waals surface area contributed by atoms with Crippen LogP contribution in [0.1, 0.15) is 342 Å². The Bertz CT molecular complexity index is 1940. The summed E-state index contributed by atoms with van der Waals surface area (Å²) < 4.78 is 61.0. The molecule has 0 saturated carbocycles. The molecule has 5 unspecified atom stereocenters. The monoisotopic (exact) mass is 1360 g/mol. The number of hydrogen-bond donors (Lipinski definition) is 4. The average molecular weight is 1360 g/mol. The van der Waals surface area contributed by atoms with E-state index < -0.39 is 91.5 Å². The first-order chi connectivity index (χ1) is 45.2. The molecule has 0 aliphatic rings. The summed E-state index contributed by atoms with van der Waals surface area (Å²) in [7, 11) is -9.76. The smallest absolute Gasteiger partial charge is 0.463 e. The second kappa shape index (κ2) is 69.2. The summed E-state index contributed by atoms with van der Waals surface area (Å²) in [5.74, 6) is -1.55. The molecule has 0 aliphatic heterocycles. The van der Waals surface area contributed by atoms with Crippen LogP contribution in [0.25, 0.3) is 0 Å². The second-order valence-corrected chi connectivity index (χ2v) is 28.3. The van der Waals surface area contributed by atoms with Gasteiger partial charge in [0.15, 0.2) is 6.10 Å². The number of unbranched alkanes of at least 4 members (excludes halogenated alkanes) is 39. The lowest BCUT2D eigenvalue weighted by atomic mass is 10.0. The first kappa shape index (κ1) is 90.2. The molecule has 0 aliphatic carbocycles. The summed E-state index contributed by atoms with van der Waals surface area (Å²) in [5, 5.41) is 20.6. The molecule has 0 spiro atoms. The molecule has 0 aromatic carbocycles. The molecule has 0 radical (unpaired) electrons. The third-order valence-corrected chi connectivity index (χ3v) is 18.2. The van der Waals surface area contributed by atoms with Crippen LogP contribution in [0, 0.1) is 0 Å². The number of aliphatic hydroxyl groups is 2. The van der Waals surface area contributed by atoms with E-state index in [1.165, 1.54) is 180 Å². The summed E-state index contributed by atoms with van der Waals surface area (Å²) in [6, 6.07) is 0. The fraction of sp³-hybridized carbons (Fsp3) is 0.827. The largest absolute Gasteiger partial charge is 0.472 e. The van der Waals surface area contributed by atoms with Crippen molar-refractivity contribution in [1.29, 1.82) is 0 Å². The lowest BCUT2D eigenvalue weighted by Gasteiger charge is -2.21. The van der Waals surface area contributed by atoms with Gasteiger partial charge in [-0.1, -0.05) is 319 Å². The van der Waals surface area contributed by atoms with Gasteiger partial charge in [0.05, 0.1) is 26.4 Å². The van der Waals surface area contributed by atoms with E-state index >= 15 is 0 Å². The number of phosphoric ester groups is 2. The van der Waals surface area contributed by atoms with Gasteiger partial charge < -0.3 is 34.2 Å². The van der Waals surface area contributed by atoms with E-state index in [9.17, 15) is 43.5 Å². The number of carbonyl (C=O) groups excluding carboxylic acids is 3. The highest BCUT2D eigenvalue weighted by Crippen LogP contribution is 2.45. The van der Waals surface area contributed by atoms with Crippen LogP contribution in [0.3, 0.4) is 0 Å². The molecule has 0 aromatic rings. The molecule has 0 heterocycles. The molecule has 544 valence electrons. The Morgan fingerprint density at radius 3 is 0.903 bits per heavy atom. The van der Waals surface area contributed by atoms with Gasteiger partial charge in [0.25, 0.3) is 0 Å². The number of rotatable bonds is 72. The third kappa shape index (κ3) is 70.4. The van der Waals surface area contributed by atoms with Crippen molar-refractivity contribution in [2.45, 2.75) is 360 Å². The average Bonchev–Trinajstić information content (AvgIpc) is 2.91. The van der Waals surface area contributed by atoms with Crippen LogP contribution in [0.5, 0.6) is 0 Å². The van der Waals surface area contributed by atoms with Gasteiger partial charge in [-0.05, 0) is 64.2 Å². The molecular weight excluding hydrogens is 1220 g/mol. The minimum Gasteiger partial charge on any atom is -0.463 e. The van der Waals surface area contributed by atoms with Crippen molar-refractivity contribution in [2.75, 3.05) is 39.6 Å². The predicted octanol–water partition coefficient (Wildman–Crippen LogP) is 21.3. The van der Waals surface area contributed by atoms with Crippen LogP contribution in [0.4, 0.5) is 0 Å². The van der Waals surface area contributed by atoms with Crippen molar-refractivity contribution in [3.05, 3.63) is 60.8 Å². The molecular formula is C75H138O16P2. The fourth-order valence-corrected chi connectivity index (χ4v) is 12.1. The summed E-state index contributed by atoms with van der Waals surface area (Å²) in [6.07, 6.45) is 72.8. The minimum absolute atomic E-state index is 0.114. The van der Waals surface area contributed by atoms with E-state index in [0.717, 1.165) is 103 Å². The van der Waals surface area contributed by atoms with Crippen LogP contribution in [0.15, 0.2) is 60.8 Å². The molecule has 0 rings (SSSR count). The van der Waals surface area contributed by atoms with Crippen molar-refractivity contribution in [2.24, 2.45) is 0 Å². The molecule has 93 heavy (non-hydrogen) atoms. The van der Waals surface area contributed by atoms with E-state index in [1.54, 1.807) is 0 Å². The minimum atomic E-state index is -4.91. The maximum Gasteiger partial charge on any atom is 0.472 e. The van der Waals surface area contributed by atoms with E-state index in [0.29, 0.717) is 19.3 Å². The summed E-state index contributed by atoms with van der Waals surface area (Å²) in [6.45, 7) is 2.62. The SMILES string of the molecule is CC/C=C\C/C=C\C/C=C\C/C=C\C/C=C\CCCCCCCCCCCCCCCC(=O)OCC(O)COP(=O)(O)OCC(O)COP(=O)(O)OCC(COC(=O)CCCCCCCCCCCCCCCCC)OC(=O)CCCCCCCCCCCCCCC. The van der Waals surface area contributed by atoms with Crippen LogP contribution in [0.2, 0.25) is 0 Å².